The molecule has 0 amide bonds. The largest absolute Gasteiger partial charge is 0.370 e. The predicted molar refractivity (Wildman–Crippen MR) is 108 cm³/mol. The van der Waals surface area contributed by atoms with Crippen molar-refractivity contribution >= 4 is 35.6 Å². The van der Waals surface area contributed by atoms with E-state index in [1.807, 2.05) is 12.1 Å². The minimum Gasteiger partial charge on any atom is -0.370 e. The molecule has 0 heterocycles. The Kier molecular flexibility index (Phi) is 12.2. The van der Waals surface area contributed by atoms with Gasteiger partial charge in [0.05, 0.1) is 0 Å². The van der Waals surface area contributed by atoms with Crippen molar-refractivity contribution in [3.63, 3.8) is 0 Å². The Morgan fingerprint density at radius 1 is 1.18 bits per heavy atom. The van der Waals surface area contributed by atoms with Crippen LogP contribution in [0.25, 0.3) is 0 Å². The molecule has 0 fully saturated rings. The van der Waals surface area contributed by atoms with E-state index in [1.54, 1.807) is 0 Å². The molecule has 3 N–H and O–H groups in total. The van der Waals surface area contributed by atoms with Crippen molar-refractivity contribution in [2.24, 2.45) is 10.7 Å². The van der Waals surface area contributed by atoms with Crippen molar-refractivity contribution in [2.75, 3.05) is 31.5 Å². The highest BCUT2D eigenvalue weighted by Gasteiger charge is 1.99. The maximum atomic E-state index is 5.92. The normalized spacial score (nSPS) is 11.4. The Labute approximate surface area is 152 Å². The number of guanidine groups is 1. The zero-order valence-corrected chi connectivity index (χ0v) is 16.5. The molecule has 0 aliphatic heterocycles. The van der Waals surface area contributed by atoms with E-state index in [-0.39, 0.29) is 24.0 Å². The van der Waals surface area contributed by atoms with Gasteiger partial charge in [-0.1, -0.05) is 32.9 Å². The van der Waals surface area contributed by atoms with E-state index in [2.05, 4.69) is 48.1 Å². The molecule has 126 valence electrons. The van der Waals surface area contributed by atoms with E-state index in [9.17, 15) is 0 Å². The Bertz CT molecular complexity index is 430. The standard InChI is InChI=1S/C17H30N4.HI/c1-4-15-10-9-11-16(14-15)20-17(18)19-12-7-8-13-21(5-2)6-3;/h9-11,14H,4-8,12-13H2,1-3H3,(H3,18,19,20);1H. The number of nitrogens with one attached hydrogen (secondary N) is 1. The molecule has 5 heteroatoms. The molecule has 22 heavy (non-hydrogen) atoms. The number of anilines is 1. The Balaban J connectivity index is 0.00000441. The molecule has 0 aliphatic carbocycles. The molecule has 0 atom stereocenters. The molecule has 0 saturated carbocycles. The summed E-state index contributed by atoms with van der Waals surface area (Å²) in [5.74, 6) is 0.506. The summed E-state index contributed by atoms with van der Waals surface area (Å²) in [5.41, 5.74) is 8.23. The van der Waals surface area contributed by atoms with E-state index in [0.29, 0.717) is 5.96 Å². The average Bonchev–Trinajstić information content (AvgIpc) is 2.51. The lowest BCUT2D eigenvalue weighted by atomic mass is 10.1. The smallest absolute Gasteiger partial charge is 0.193 e. The number of hydrogen-bond donors (Lipinski definition) is 2. The average molecular weight is 418 g/mol. The lowest BCUT2D eigenvalue weighted by Crippen LogP contribution is -2.24. The molecule has 0 bridgehead atoms. The third-order valence-electron chi connectivity index (χ3n) is 3.67. The quantitative estimate of drug-likeness (QED) is 0.278. The lowest BCUT2D eigenvalue weighted by molar-refractivity contribution is 0.298. The molecule has 0 aliphatic rings. The van der Waals surface area contributed by atoms with Gasteiger partial charge in [0.2, 0.25) is 0 Å². The fraction of sp³-hybridized carbons (Fsp3) is 0.588. The van der Waals surface area contributed by atoms with Crippen LogP contribution in [0.5, 0.6) is 0 Å². The lowest BCUT2D eigenvalue weighted by Gasteiger charge is -2.17. The van der Waals surface area contributed by atoms with Gasteiger partial charge in [0.1, 0.15) is 0 Å². The van der Waals surface area contributed by atoms with Gasteiger partial charge in [-0.05, 0) is 56.6 Å². The van der Waals surface area contributed by atoms with Gasteiger partial charge in [-0.2, -0.15) is 0 Å². The number of aliphatic imine (C=N–C) groups is 1. The number of rotatable bonds is 9. The number of unbranched alkanes of at least 4 members (excludes halogenated alkanes) is 1. The van der Waals surface area contributed by atoms with Gasteiger partial charge in [0, 0.05) is 12.2 Å². The van der Waals surface area contributed by atoms with Crippen LogP contribution in [0.15, 0.2) is 29.3 Å². The van der Waals surface area contributed by atoms with Crippen LogP contribution in [-0.4, -0.2) is 37.0 Å². The second-order valence-corrected chi connectivity index (χ2v) is 5.18. The molecule has 1 aromatic carbocycles. The summed E-state index contributed by atoms with van der Waals surface area (Å²) in [6.07, 6.45) is 3.27. The number of aryl methyl sites for hydroxylation is 1. The molecule has 4 nitrogen and oxygen atoms in total. The van der Waals surface area contributed by atoms with Crippen molar-refractivity contribution < 1.29 is 0 Å². The molecule has 0 unspecified atom stereocenters. The van der Waals surface area contributed by atoms with Gasteiger partial charge in [0.25, 0.3) is 0 Å². The predicted octanol–water partition coefficient (Wildman–Crippen LogP) is 3.72. The Hall–Kier alpha value is -0.820. The summed E-state index contributed by atoms with van der Waals surface area (Å²) >= 11 is 0. The van der Waals surface area contributed by atoms with Crippen LogP contribution in [-0.2, 0) is 6.42 Å². The molecular weight excluding hydrogens is 387 g/mol. The van der Waals surface area contributed by atoms with Crippen molar-refractivity contribution in [3.8, 4) is 0 Å². The van der Waals surface area contributed by atoms with Crippen LogP contribution >= 0.6 is 24.0 Å². The topological polar surface area (TPSA) is 53.6 Å². The summed E-state index contributed by atoms with van der Waals surface area (Å²) in [4.78, 5) is 6.82. The third-order valence-corrected chi connectivity index (χ3v) is 3.67. The summed E-state index contributed by atoms with van der Waals surface area (Å²) in [5, 5.41) is 3.16. The molecular formula is C17H31IN4. The number of halogens is 1. The van der Waals surface area contributed by atoms with Gasteiger partial charge in [-0.3, -0.25) is 4.99 Å². The Morgan fingerprint density at radius 2 is 1.91 bits per heavy atom. The van der Waals surface area contributed by atoms with Gasteiger partial charge in [-0.25, -0.2) is 0 Å². The minimum absolute atomic E-state index is 0. The fourth-order valence-corrected chi connectivity index (χ4v) is 2.24. The van der Waals surface area contributed by atoms with Crippen LogP contribution in [0.1, 0.15) is 39.2 Å². The van der Waals surface area contributed by atoms with E-state index in [0.717, 1.165) is 44.7 Å². The zero-order chi connectivity index (χ0) is 15.5. The van der Waals surface area contributed by atoms with Crippen LogP contribution in [0, 0.1) is 0 Å². The highest BCUT2D eigenvalue weighted by Crippen LogP contribution is 2.10. The maximum absolute atomic E-state index is 5.92. The van der Waals surface area contributed by atoms with E-state index in [4.69, 9.17) is 5.73 Å². The number of nitrogens with zero attached hydrogens (tertiary/aromatic N) is 2. The molecule has 0 saturated heterocycles. The number of nitrogens with two attached hydrogens (primary N) is 1. The molecule has 0 spiro atoms. The fourth-order valence-electron chi connectivity index (χ4n) is 2.24. The third kappa shape index (κ3) is 8.58. The molecule has 1 aromatic rings. The van der Waals surface area contributed by atoms with Crippen molar-refractivity contribution in [2.45, 2.75) is 40.0 Å². The Morgan fingerprint density at radius 3 is 2.55 bits per heavy atom. The first kappa shape index (κ1) is 21.2. The van der Waals surface area contributed by atoms with E-state index >= 15 is 0 Å². The first-order chi connectivity index (χ1) is 10.2. The van der Waals surface area contributed by atoms with Crippen molar-refractivity contribution in [1.29, 1.82) is 0 Å². The summed E-state index contributed by atoms with van der Waals surface area (Å²) < 4.78 is 0. The molecule has 0 radical (unpaired) electrons. The van der Waals surface area contributed by atoms with Gasteiger partial charge >= 0.3 is 0 Å². The highest BCUT2D eigenvalue weighted by molar-refractivity contribution is 14.0. The van der Waals surface area contributed by atoms with Gasteiger partial charge in [0.15, 0.2) is 5.96 Å². The first-order valence-corrected chi connectivity index (χ1v) is 8.07. The minimum atomic E-state index is 0. The van der Waals surface area contributed by atoms with Crippen LogP contribution in [0.2, 0.25) is 0 Å². The summed E-state index contributed by atoms with van der Waals surface area (Å²) in [6, 6.07) is 8.29. The summed E-state index contributed by atoms with van der Waals surface area (Å²) in [7, 11) is 0. The summed E-state index contributed by atoms with van der Waals surface area (Å²) in [6.45, 7) is 10.7. The zero-order valence-electron chi connectivity index (χ0n) is 14.1. The van der Waals surface area contributed by atoms with Crippen molar-refractivity contribution in [3.05, 3.63) is 29.8 Å². The van der Waals surface area contributed by atoms with Crippen LogP contribution in [0.3, 0.4) is 0 Å². The second kappa shape index (κ2) is 12.7. The van der Waals surface area contributed by atoms with E-state index in [1.165, 1.54) is 12.0 Å². The van der Waals surface area contributed by atoms with Gasteiger partial charge < -0.3 is 16.0 Å². The number of benzene rings is 1. The number of hydrogen-bond acceptors (Lipinski definition) is 2. The molecule has 0 aromatic heterocycles. The monoisotopic (exact) mass is 418 g/mol. The molecule has 1 rings (SSSR count). The van der Waals surface area contributed by atoms with Crippen molar-refractivity contribution in [1.82, 2.24) is 4.90 Å². The maximum Gasteiger partial charge on any atom is 0.193 e. The first-order valence-electron chi connectivity index (χ1n) is 8.07. The highest BCUT2D eigenvalue weighted by atomic mass is 127. The van der Waals surface area contributed by atoms with Crippen LogP contribution < -0.4 is 11.1 Å². The van der Waals surface area contributed by atoms with Crippen LogP contribution in [0.4, 0.5) is 5.69 Å². The second-order valence-electron chi connectivity index (χ2n) is 5.18. The van der Waals surface area contributed by atoms with Gasteiger partial charge in [-0.15, -0.1) is 24.0 Å². The SMILES string of the molecule is CCc1cccc(NC(N)=NCCCCN(CC)CC)c1.I. The van der Waals surface area contributed by atoms with E-state index < -0.39 is 0 Å².